The van der Waals surface area contributed by atoms with Gasteiger partial charge in [0.2, 0.25) is 0 Å². The van der Waals surface area contributed by atoms with Crippen molar-refractivity contribution in [2.45, 2.75) is 44.9 Å². The number of rotatable bonds is 5. The highest BCUT2D eigenvalue weighted by Gasteiger charge is 2.50. The van der Waals surface area contributed by atoms with Gasteiger partial charge in [0.1, 0.15) is 18.4 Å². The summed E-state index contributed by atoms with van der Waals surface area (Å²) in [6.45, 7) is 3.81. The Morgan fingerprint density at radius 1 is 1.28 bits per heavy atom. The van der Waals surface area contributed by atoms with E-state index in [0.717, 1.165) is 5.56 Å². The van der Waals surface area contributed by atoms with Gasteiger partial charge in [-0.15, -0.1) is 0 Å². The van der Waals surface area contributed by atoms with E-state index in [1.165, 1.54) is 9.70 Å². The fourth-order valence-corrected chi connectivity index (χ4v) is 3.08. The number of aliphatic hydroxyl groups is 1. The van der Waals surface area contributed by atoms with Crippen LogP contribution >= 0.6 is 0 Å². The maximum atomic E-state index is 12.7. The highest BCUT2D eigenvalue weighted by Crippen LogP contribution is 2.33. The van der Waals surface area contributed by atoms with E-state index in [4.69, 9.17) is 9.47 Å². The van der Waals surface area contributed by atoms with Crippen molar-refractivity contribution in [3.63, 3.8) is 0 Å². The first-order valence-corrected chi connectivity index (χ1v) is 8.14. The number of hydrogen-bond acceptors (Lipinski definition) is 6. The Labute approximate surface area is 146 Å². The smallest absolute Gasteiger partial charge is 0.412 e. The minimum atomic E-state index is -0.904. The quantitative estimate of drug-likeness (QED) is 0.880. The minimum absolute atomic E-state index is 0.169. The van der Waals surface area contributed by atoms with Gasteiger partial charge in [0.15, 0.2) is 0 Å². The molecule has 0 saturated carbocycles. The van der Waals surface area contributed by atoms with Gasteiger partial charge in [-0.3, -0.25) is 4.90 Å². The molecule has 25 heavy (non-hydrogen) atoms. The summed E-state index contributed by atoms with van der Waals surface area (Å²) in [5.74, 6) is 0. The molecule has 3 rings (SSSR count). The van der Waals surface area contributed by atoms with Crippen molar-refractivity contribution in [1.29, 1.82) is 0 Å². The summed E-state index contributed by atoms with van der Waals surface area (Å²) in [4.78, 5) is 15.7. The molecule has 1 aromatic heterocycles. The lowest BCUT2D eigenvalue weighted by atomic mass is 10.1. The van der Waals surface area contributed by atoms with Gasteiger partial charge in [0.25, 0.3) is 0 Å². The summed E-state index contributed by atoms with van der Waals surface area (Å²) >= 11 is 0. The molecular weight excluding hydrogens is 324 g/mol. The molecule has 1 N–H and O–H groups in total. The molecule has 0 spiro atoms. The molecule has 2 aromatic rings. The molecule has 8 nitrogen and oxygen atoms in total. The van der Waals surface area contributed by atoms with Gasteiger partial charge in [-0.1, -0.05) is 30.3 Å². The Balaban J connectivity index is 1.75. The van der Waals surface area contributed by atoms with E-state index in [-0.39, 0.29) is 13.2 Å². The van der Waals surface area contributed by atoms with E-state index in [1.54, 1.807) is 26.2 Å². The van der Waals surface area contributed by atoms with E-state index >= 15 is 0 Å². The van der Waals surface area contributed by atoms with Gasteiger partial charge in [-0.05, 0) is 19.4 Å². The third-order valence-electron chi connectivity index (χ3n) is 4.18. The normalized spacial score (nSPS) is 22.1. The van der Waals surface area contributed by atoms with Gasteiger partial charge in [-0.25, -0.2) is 4.79 Å². The summed E-state index contributed by atoms with van der Waals surface area (Å²) in [7, 11) is 0. The van der Waals surface area contributed by atoms with Crippen LogP contribution in [-0.2, 0) is 22.6 Å². The zero-order chi connectivity index (χ0) is 17.9. The number of carbonyl (C=O) groups is 1. The maximum absolute atomic E-state index is 12.7. The summed E-state index contributed by atoms with van der Waals surface area (Å²) in [6.07, 6.45) is 2.09. The summed E-state index contributed by atoms with van der Waals surface area (Å²) < 4.78 is 11.3. The Hall–Kier alpha value is -2.45. The topological polar surface area (TPSA) is 89.7 Å². The monoisotopic (exact) mass is 346 g/mol. The van der Waals surface area contributed by atoms with Crippen LogP contribution in [0.5, 0.6) is 0 Å². The van der Waals surface area contributed by atoms with Crippen molar-refractivity contribution in [3.8, 4) is 0 Å². The molecule has 1 aliphatic heterocycles. The second-order valence-corrected chi connectivity index (χ2v) is 6.35. The number of benzene rings is 1. The number of aromatic nitrogens is 3. The Kier molecular flexibility index (Phi) is 5.00. The minimum Gasteiger partial charge on any atom is -0.444 e. The predicted molar refractivity (Wildman–Crippen MR) is 88.3 cm³/mol. The molecule has 2 atom stereocenters. The molecule has 1 amide bonds. The third kappa shape index (κ3) is 3.80. The Bertz CT molecular complexity index is 690. The second kappa shape index (κ2) is 7.20. The van der Waals surface area contributed by atoms with Crippen molar-refractivity contribution < 1.29 is 19.4 Å². The van der Waals surface area contributed by atoms with Gasteiger partial charge in [0, 0.05) is 0 Å². The van der Waals surface area contributed by atoms with Crippen LogP contribution < -0.4 is 0 Å². The lowest BCUT2D eigenvalue weighted by Gasteiger charge is -2.32. The van der Waals surface area contributed by atoms with Gasteiger partial charge in [-0.2, -0.15) is 15.0 Å². The number of hydrogen-bond donors (Lipinski definition) is 1. The summed E-state index contributed by atoms with van der Waals surface area (Å²) in [5, 5.41) is 17.8. The number of aliphatic hydroxyl groups excluding tert-OH is 1. The first-order chi connectivity index (χ1) is 12.0. The van der Waals surface area contributed by atoms with Crippen LogP contribution in [0.2, 0.25) is 0 Å². The number of nitrogens with zero attached hydrogens (tertiary/aromatic N) is 4. The van der Waals surface area contributed by atoms with Crippen molar-refractivity contribution in [3.05, 3.63) is 48.3 Å². The molecule has 1 saturated heterocycles. The van der Waals surface area contributed by atoms with Crippen molar-refractivity contribution in [2.24, 2.45) is 0 Å². The molecule has 134 valence electrons. The van der Waals surface area contributed by atoms with Crippen molar-refractivity contribution >= 4 is 6.09 Å². The average Bonchev–Trinajstić information content (AvgIpc) is 3.19. The Morgan fingerprint density at radius 3 is 2.60 bits per heavy atom. The molecule has 1 aliphatic rings. The lowest BCUT2D eigenvalue weighted by Crippen LogP contribution is -2.50. The van der Waals surface area contributed by atoms with Crippen LogP contribution in [0, 0.1) is 0 Å². The third-order valence-corrected chi connectivity index (χ3v) is 4.18. The number of ether oxygens (including phenoxy) is 2. The molecule has 8 heteroatoms. The molecule has 0 aliphatic carbocycles. The molecular formula is C17H22N4O4. The molecule has 0 radical (unpaired) electrons. The molecule has 1 aromatic carbocycles. The maximum Gasteiger partial charge on any atom is 0.412 e. The molecule has 1 fully saturated rings. The van der Waals surface area contributed by atoms with E-state index in [2.05, 4.69) is 10.2 Å². The predicted octanol–water partition coefficient (Wildman–Crippen LogP) is 1.41. The fourth-order valence-electron chi connectivity index (χ4n) is 3.08. The SMILES string of the molecule is CC1(C)O[C@H](CO)[C@@H](Cn2nccn2)N1C(=O)OCc1ccccc1. The first kappa shape index (κ1) is 17.4. The summed E-state index contributed by atoms with van der Waals surface area (Å²) in [6, 6.07) is 9.03. The van der Waals surface area contributed by atoms with Crippen LogP contribution in [0.1, 0.15) is 19.4 Å². The van der Waals surface area contributed by atoms with Crippen molar-refractivity contribution in [1.82, 2.24) is 19.9 Å². The van der Waals surface area contributed by atoms with Crippen LogP contribution in [-0.4, -0.2) is 55.6 Å². The Morgan fingerprint density at radius 2 is 1.96 bits per heavy atom. The fraction of sp³-hybridized carbons (Fsp3) is 0.471. The number of amides is 1. The van der Waals surface area contributed by atoms with Gasteiger partial charge >= 0.3 is 6.09 Å². The molecule has 0 bridgehead atoms. The zero-order valence-corrected chi connectivity index (χ0v) is 14.3. The first-order valence-electron chi connectivity index (χ1n) is 8.14. The van der Waals surface area contributed by atoms with Gasteiger partial charge < -0.3 is 14.6 Å². The highest BCUT2D eigenvalue weighted by atomic mass is 16.6. The molecule has 2 heterocycles. The largest absolute Gasteiger partial charge is 0.444 e. The zero-order valence-electron chi connectivity index (χ0n) is 14.3. The standard InChI is InChI=1S/C17H22N4O4/c1-17(2)21(16(23)24-12-13-6-4-3-5-7-13)14(15(11-22)25-17)10-20-18-8-9-19-20/h3-9,14-15,22H,10-12H2,1-2H3/t14-,15-/m1/s1. The van der Waals surface area contributed by atoms with Crippen LogP contribution in [0.3, 0.4) is 0 Å². The summed E-state index contributed by atoms with van der Waals surface area (Å²) in [5.41, 5.74) is -0.00307. The van der Waals surface area contributed by atoms with Crippen LogP contribution in [0.15, 0.2) is 42.7 Å². The second-order valence-electron chi connectivity index (χ2n) is 6.35. The highest BCUT2D eigenvalue weighted by molar-refractivity contribution is 5.69. The van der Waals surface area contributed by atoms with E-state index in [9.17, 15) is 9.90 Å². The average molecular weight is 346 g/mol. The van der Waals surface area contributed by atoms with E-state index in [0.29, 0.717) is 6.54 Å². The van der Waals surface area contributed by atoms with Crippen LogP contribution in [0.25, 0.3) is 0 Å². The van der Waals surface area contributed by atoms with Crippen LogP contribution in [0.4, 0.5) is 4.79 Å². The molecule has 0 unspecified atom stereocenters. The van der Waals surface area contributed by atoms with Crippen molar-refractivity contribution in [2.75, 3.05) is 6.61 Å². The number of carbonyl (C=O) groups excluding carboxylic acids is 1. The van der Waals surface area contributed by atoms with E-state index < -0.39 is 24.0 Å². The lowest BCUT2D eigenvalue weighted by molar-refractivity contribution is -0.0804. The van der Waals surface area contributed by atoms with E-state index in [1.807, 2.05) is 30.3 Å². The van der Waals surface area contributed by atoms with Gasteiger partial charge in [0.05, 0.1) is 31.6 Å².